The Kier molecular flexibility index (Phi) is 7.46. The zero-order valence-electron chi connectivity index (χ0n) is 16.1. The number of hydrogen-bond acceptors (Lipinski definition) is 5. The van der Waals surface area contributed by atoms with Crippen LogP contribution in [-0.4, -0.2) is 24.1 Å². The van der Waals surface area contributed by atoms with Gasteiger partial charge in [0.25, 0.3) is 0 Å². The average Bonchev–Trinajstić information content (AvgIpc) is 3.23. The normalized spacial score (nSPS) is 10.7. The lowest BCUT2D eigenvalue weighted by Gasteiger charge is -2.11. The number of furan rings is 1. The van der Waals surface area contributed by atoms with Crippen LogP contribution in [0.25, 0.3) is 17.4 Å². The van der Waals surface area contributed by atoms with Crippen LogP contribution in [0.1, 0.15) is 16.1 Å². The summed E-state index contributed by atoms with van der Waals surface area (Å²) in [5.74, 6) is -0.0439. The standard InChI is InChI=1S/C22H16Cl2N2O4S/c1-29-21(28)14-5-2-3-8-17(14)25-22(31)26-19(27)12-10-13-9-11-18(30-13)15-6-4-7-16(23)20(15)24/h2-12H,1H3,(H2,25,26,27,31). The summed E-state index contributed by atoms with van der Waals surface area (Å²) in [5.41, 5.74) is 1.35. The number of benzene rings is 2. The first kappa shape index (κ1) is 22.6. The summed E-state index contributed by atoms with van der Waals surface area (Å²) in [4.78, 5) is 24.0. The molecule has 0 saturated carbocycles. The van der Waals surface area contributed by atoms with E-state index in [1.165, 1.54) is 19.3 Å². The Balaban J connectivity index is 1.63. The second-order valence-corrected chi connectivity index (χ2v) is 7.31. The fourth-order valence-electron chi connectivity index (χ4n) is 2.63. The van der Waals surface area contributed by atoms with E-state index in [-0.39, 0.29) is 5.11 Å². The molecule has 0 aliphatic rings. The SMILES string of the molecule is COC(=O)c1ccccc1NC(=S)NC(=O)C=Cc1ccc(-c2cccc(Cl)c2Cl)o1. The van der Waals surface area contributed by atoms with E-state index >= 15 is 0 Å². The molecule has 9 heteroatoms. The molecular formula is C22H16Cl2N2O4S. The molecular weight excluding hydrogens is 459 g/mol. The number of ether oxygens (including phenoxy) is 1. The van der Waals surface area contributed by atoms with E-state index in [1.807, 2.05) is 0 Å². The molecule has 3 aromatic rings. The van der Waals surface area contributed by atoms with E-state index < -0.39 is 11.9 Å². The molecule has 2 aromatic carbocycles. The van der Waals surface area contributed by atoms with E-state index in [0.717, 1.165) is 0 Å². The molecule has 0 unspecified atom stereocenters. The number of thiocarbonyl (C=S) groups is 1. The number of anilines is 1. The quantitative estimate of drug-likeness (QED) is 0.286. The summed E-state index contributed by atoms with van der Waals surface area (Å²) in [6, 6.07) is 15.3. The number of carbonyl (C=O) groups excluding carboxylic acids is 2. The fraction of sp³-hybridized carbons (Fsp3) is 0.0455. The van der Waals surface area contributed by atoms with Gasteiger partial charge in [0.15, 0.2) is 5.11 Å². The minimum absolute atomic E-state index is 0.0249. The lowest BCUT2D eigenvalue weighted by Crippen LogP contribution is -2.33. The highest BCUT2D eigenvalue weighted by Gasteiger charge is 2.13. The molecule has 0 aliphatic carbocycles. The maximum absolute atomic E-state index is 12.2. The molecule has 158 valence electrons. The third kappa shape index (κ3) is 5.73. The number of amides is 1. The van der Waals surface area contributed by atoms with E-state index in [2.05, 4.69) is 10.6 Å². The second-order valence-electron chi connectivity index (χ2n) is 6.12. The van der Waals surface area contributed by atoms with Crippen LogP contribution >= 0.6 is 35.4 Å². The van der Waals surface area contributed by atoms with Crippen molar-refractivity contribution in [3.8, 4) is 11.3 Å². The molecule has 0 aliphatic heterocycles. The molecule has 1 aromatic heterocycles. The van der Waals surface area contributed by atoms with Crippen molar-refractivity contribution >= 4 is 64.2 Å². The third-order valence-corrected chi connectivity index (χ3v) is 5.08. The summed E-state index contributed by atoms with van der Waals surface area (Å²) in [6.07, 6.45) is 2.75. The van der Waals surface area contributed by atoms with E-state index in [0.29, 0.717) is 38.4 Å². The second kappa shape index (κ2) is 10.3. The number of rotatable bonds is 5. The first-order chi connectivity index (χ1) is 14.9. The van der Waals surface area contributed by atoms with Crippen molar-refractivity contribution in [2.75, 3.05) is 12.4 Å². The maximum atomic E-state index is 12.2. The van der Waals surface area contributed by atoms with E-state index in [9.17, 15) is 9.59 Å². The van der Waals surface area contributed by atoms with Crippen LogP contribution in [0.4, 0.5) is 5.69 Å². The number of hydrogen-bond donors (Lipinski definition) is 2. The minimum atomic E-state index is -0.523. The smallest absolute Gasteiger partial charge is 0.339 e. The highest BCUT2D eigenvalue weighted by Crippen LogP contribution is 2.34. The molecule has 3 rings (SSSR count). The number of esters is 1. The van der Waals surface area contributed by atoms with Crippen molar-refractivity contribution in [1.29, 1.82) is 0 Å². The first-order valence-electron chi connectivity index (χ1n) is 8.90. The maximum Gasteiger partial charge on any atom is 0.339 e. The Hall–Kier alpha value is -3.13. The summed E-state index contributed by atoms with van der Waals surface area (Å²) < 4.78 is 10.4. The molecule has 0 saturated heterocycles. The number of nitrogens with one attached hydrogen (secondary N) is 2. The van der Waals surface area contributed by atoms with Crippen LogP contribution in [-0.2, 0) is 9.53 Å². The van der Waals surface area contributed by atoms with Gasteiger partial charge < -0.3 is 14.5 Å². The summed E-state index contributed by atoms with van der Waals surface area (Å²) >= 11 is 17.4. The predicted molar refractivity (Wildman–Crippen MR) is 125 cm³/mol. The van der Waals surface area contributed by atoms with Crippen molar-refractivity contribution in [3.05, 3.63) is 82.0 Å². The minimum Gasteiger partial charge on any atom is -0.465 e. The summed E-state index contributed by atoms with van der Waals surface area (Å²) in [6.45, 7) is 0. The third-order valence-electron chi connectivity index (χ3n) is 4.06. The van der Waals surface area contributed by atoms with Crippen LogP contribution < -0.4 is 10.6 Å². The van der Waals surface area contributed by atoms with Crippen LogP contribution in [0, 0.1) is 0 Å². The van der Waals surface area contributed by atoms with Gasteiger partial charge >= 0.3 is 5.97 Å². The molecule has 2 N–H and O–H groups in total. The fourth-order valence-corrected chi connectivity index (χ4v) is 3.23. The van der Waals surface area contributed by atoms with E-state index in [1.54, 1.807) is 54.6 Å². The van der Waals surface area contributed by atoms with Crippen LogP contribution in [0.5, 0.6) is 0 Å². The molecule has 0 bridgehead atoms. The van der Waals surface area contributed by atoms with E-state index in [4.69, 9.17) is 44.6 Å². The molecule has 0 atom stereocenters. The van der Waals surface area contributed by atoms with Gasteiger partial charge in [0, 0.05) is 11.6 Å². The molecule has 0 spiro atoms. The molecule has 31 heavy (non-hydrogen) atoms. The van der Waals surface area contributed by atoms with Crippen LogP contribution in [0.2, 0.25) is 10.0 Å². The van der Waals surface area contributed by atoms with Gasteiger partial charge in [-0.15, -0.1) is 0 Å². The molecule has 1 heterocycles. The lowest BCUT2D eigenvalue weighted by atomic mass is 10.2. The summed E-state index contributed by atoms with van der Waals surface area (Å²) in [5, 5.41) is 6.13. The van der Waals surface area contributed by atoms with Crippen molar-refractivity contribution in [2.24, 2.45) is 0 Å². The highest BCUT2D eigenvalue weighted by molar-refractivity contribution is 7.80. The zero-order valence-corrected chi connectivity index (χ0v) is 18.5. The van der Waals surface area contributed by atoms with Gasteiger partial charge in [-0.25, -0.2) is 4.79 Å². The van der Waals surface area contributed by atoms with Gasteiger partial charge in [-0.2, -0.15) is 0 Å². The monoisotopic (exact) mass is 474 g/mol. The summed E-state index contributed by atoms with van der Waals surface area (Å²) in [7, 11) is 1.28. The Morgan fingerprint density at radius 2 is 1.84 bits per heavy atom. The first-order valence-corrected chi connectivity index (χ1v) is 10.1. The number of para-hydroxylation sites is 1. The van der Waals surface area contributed by atoms with Crippen molar-refractivity contribution < 1.29 is 18.7 Å². The van der Waals surface area contributed by atoms with Gasteiger partial charge in [-0.05, 0) is 54.7 Å². The lowest BCUT2D eigenvalue weighted by molar-refractivity contribution is -0.115. The van der Waals surface area contributed by atoms with Crippen molar-refractivity contribution in [2.45, 2.75) is 0 Å². The number of halogens is 2. The Bertz CT molecular complexity index is 1170. The largest absolute Gasteiger partial charge is 0.465 e. The highest BCUT2D eigenvalue weighted by atomic mass is 35.5. The molecule has 0 fully saturated rings. The van der Waals surface area contributed by atoms with Crippen LogP contribution in [0.3, 0.4) is 0 Å². The van der Waals surface area contributed by atoms with Crippen molar-refractivity contribution in [3.63, 3.8) is 0 Å². The molecule has 0 radical (unpaired) electrons. The van der Waals surface area contributed by atoms with Crippen LogP contribution in [0.15, 0.2) is 65.1 Å². The Morgan fingerprint density at radius 3 is 2.61 bits per heavy atom. The predicted octanol–water partition coefficient (Wildman–Crippen LogP) is 5.57. The molecule has 1 amide bonds. The average molecular weight is 475 g/mol. The zero-order chi connectivity index (χ0) is 22.4. The van der Waals surface area contributed by atoms with Gasteiger partial charge in [0.1, 0.15) is 11.5 Å². The Labute approximate surface area is 193 Å². The van der Waals surface area contributed by atoms with Gasteiger partial charge in [0.05, 0.1) is 28.4 Å². The number of carbonyl (C=O) groups is 2. The topological polar surface area (TPSA) is 80.6 Å². The van der Waals surface area contributed by atoms with Gasteiger partial charge in [-0.1, -0.05) is 41.4 Å². The van der Waals surface area contributed by atoms with Crippen molar-refractivity contribution in [1.82, 2.24) is 5.32 Å². The molecule has 6 nitrogen and oxygen atoms in total. The van der Waals surface area contributed by atoms with Gasteiger partial charge in [0.2, 0.25) is 5.91 Å². The Morgan fingerprint density at radius 1 is 1.06 bits per heavy atom. The number of methoxy groups -OCH3 is 1. The van der Waals surface area contributed by atoms with Gasteiger partial charge in [-0.3, -0.25) is 10.1 Å².